The Kier molecular flexibility index (Phi) is 4.99. The van der Waals surface area contributed by atoms with Crippen molar-refractivity contribution >= 4 is 5.82 Å². The number of pyridine rings is 1. The molecule has 25 heavy (non-hydrogen) atoms. The first kappa shape index (κ1) is 17.7. The van der Waals surface area contributed by atoms with Gasteiger partial charge in [0.05, 0.1) is 5.69 Å². The minimum Gasteiger partial charge on any atom is -0.363 e. The molecule has 1 aliphatic rings. The molecule has 0 spiro atoms. The fourth-order valence-electron chi connectivity index (χ4n) is 3.91. The number of fused-ring (bicyclic) bond motifs is 1. The molecule has 0 aliphatic heterocycles. The maximum absolute atomic E-state index is 11.6. The van der Waals surface area contributed by atoms with E-state index >= 15 is 0 Å². The molecule has 6 nitrogen and oxygen atoms in total. The van der Waals surface area contributed by atoms with Gasteiger partial charge in [-0.3, -0.25) is 9.48 Å². The number of nitrogens with zero attached hydrogens (tertiary/aromatic N) is 3. The van der Waals surface area contributed by atoms with Gasteiger partial charge in [-0.1, -0.05) is 19.9 Å². The second kappa shape index (κ2) is 7.04. The van der Waals surface area contributed by atoms with Gasteiger partial charge in [-0.2, -0.15) is 5.10 Å². The lowest BCUT2D eigenvalue weighted by Gasteiger charge is -2.26. The molecule has 3 rings (SSSR count). The Balaban J connectivity index is 1.87. The molecule has 1 atom stereocenters. The predicted molar refractivity (Wildman–Crippen MR) is 101 cm³/mol. The van der Waals surface area contributed by atoms with Gasteiger partial charge in [0.15, 0.2) is 0 Å². The molecule has 0 aromatic carbocycles. The first-order valence-corrected chi connectivity index (χ1v) is 9.07. The highest BCUT2D eigenvalue weighted by atomic mass is 16.1. The van der Waals surface area contributed by atoms with Crippen LogP contribution >= 0.6 is 0 Å². The summed E-state index contributed by atoms with van der Waals surface area (Å²) in [5.74, 6) is 1.53. The van der Waals surface area contributed by atoms with Gasteiger partial charge in [-0.15, -0.1) is 0 Å². The van der Waals surface area contributed by atoms with Gasteiger partial charge < -0.3 is 15.2 Å². The number of aryl methyl sites for hydroxylation is 2. The number of anilines is 1. The van der Waals surface area contributed by atoms with Crippen molar-refractivity contribution in [2.75, 3.05) is 19.0 Å². The van der Waals surface area contributed by atoms with E-state index in [-0.39, 0.29) is 11.6 Å². The van der Waals surface area contributed by atoms with Crippen LogP contribution in [0.5, 0.6) is 0 Å². The van der Waals surface area contributed by atoms with Crippen LogP contribution in [0.4, 0.5) is 5.82 Å². The number of nitrogens with one attached hydrogen (secondary N) is 2. The van der Waals surface area contributed by atoms with Crippen molar-refractivity contribution in [1.82, 2.24) is 20.1 Å². The van der Waals surface area contributed by atoms with Gasteiger partial charge >= 0.3 is 0 Å². The zero-order valence-electron chi connectivity index (χ0n) is 15.9. The van der Waals surface area contributed by atoms with E-state index < -0.39 is 0 Å². The number of hydrogen-bond donors (Lipinski definition) is 2. The summed E-state index contributed by atoms with van der Waals surface area (Å²) in [6.45, 7) is 5.15. The fraction of sp³-hybridized carbons (Fsp3) is 0.579. The number of rotatable bonds is 5. The Bertz CT molecular complexity index is 803. The summed E-state index contributed by atoms with van der Waals surface area (Å²) < 4.78 is 1.97. The molecule has 0 saturated carbocycles. The lowest BCUT2D eigenvalue weighted by atomic mass is 9.91. The minimum absolute atomic E-state index is 0.0105. The molecule has 2 N–H and O–H groups in total. The van der Waals surface area contributed by atoms with Gasteiger partial charge in [0.25, 0.3) is 0 Å². The van der Waals surface area contributed by atoms with Crippen molar-refractivity contribution in [3.63, 3.8) is 0 Å². The van der Waals surface area contributed by atoms with Crippen LogP contribution in [0.1, 0.15) is 61.2 Å². The third-order valence-corrected chi connectivity index (χ3v) is 4.97. The zero-order chi connectivity index (χ0) is 18.1. The van der Waals surface area contributed by atoms with E-state index in [0.29, 0.717) is 5.92 Å². The average Bonchev–Trinajstić information content (AvgIpc) is 2.89. The Morgan fingerprint density at radius 3 is 2.84 bits per heavy atom. The summed E-state index contributed by atoms with van der Waals surface area (Å²) in [7, 11) is 6.13. The SMILES string of the molecule is CC(C)c1nn(C)c(N(C)C)c1CNC1CCCc2[nH]c(=O)ccc21. The smallest absolute Gasteiger partial charge is 0.248 e. The number of H-pyrrole nitrogens is 1. The second-order valence-corrected chi connectivity index (χ2v) is 7.44. The molecule has 0 radical (unpaired) electrons. The molecule has 0 bridgehead atoms. The molecule has 0 saturated heterocycles. The average molecular weight is 343 g/mol. The topological polar surface area (TPSA) is 66.0 Å². The first-order valence-electron chi connectivity index (χ1n) is 9.07. The van der Waals surface area contributed by atoms with E-state index in [1.165, 1.54) is 11.1 Å². The molecule has 1 aliphatic carbocycles. The van der Waals surface area contributed by atoms with Crippen molar-refractivity contribution in [1.29, 1.82) is 0 Å². The van der Waals surface area contributed by atoms with E-state index in [1.807, 2.05) is 17.8 Å². The summed E-state index contributed by atoms with van der Waals surface area (Å²) in [6, 6.07) is 3.88. The molecule has 0 fully saturated rings. The molecule has 2 aromatic rings. The number of aromatic amines is 1. The maximum atomic E-state index is 11.6. The van der Waals surface area contributed by atoms with Crippen molar-refractivity contribution in [2.24, 2.45) is 7.05 Å². The minimum atomic E-state index is -0.0105. The molecular weight excluding hydrogens is 314 g/mol. The monoisotopic (exact) mass is 343 g/mol. The molecule has 0 amide bonds. The number of aromatic nitrogens is 3. The molecule has 2 heterocycles. The third kappa shape index (κ3) is 3.49. The molecular formula is C19H29N5O. The Morgan fingerprint density at radius 1 is 1.40 bits per heavy atom. The van der Waals surface area contributed by atoms with Gasteiger partial charge in [0.1, 0.15) is 5.82 Å². The largest absolute Gasteiger partial charge is 0.363 e. The van der Waals surface area contributed by atoms with Crippen LogP contribution in [0.3, 0.4) is 0 Å². The van der Waals surface area contributed by atoms with E-state index in [0.717, 1.165) is 43.0 Å². The first-order chi connectivity index (χ1) is 11.9. The van der Waals surface area contributed by atoms with Gasteiger partial charge in [0, 0.05) is 51.1 Å². The van der Waals surface area contributed by atoms with Crippen LogP contribution < -0.4 is 15.8 Å². The summed E-state index contributed by atoms with van der Waals surface area (Å²) in [6.07, 6.45) is 3.14. The highest BCUT2D eigenvalue weighted by Crippen LogP contribution is 2.31. The van der Waals surface area contributed by atoms with Crippen LogP contribution in [0.15, 0.2) is 16.9 Å². The fourth-order valence-corrected chi connectivity index (χ4v) is 3.91. The van der Waals surface area contributed by atoms with Crippen molar-refractivity contribution in [2.45, 2.75) is 51.6 Å². The Labute approximate surface area is 149 Å². The lowest BCUT2D eigenvalue weighted by Crippen LogP contribution is -2.28. The normalized spacial score (nSPS) is 17.0. The summed E-state index contributed by atoms with van der Waals surface area (Å²) in [4.78, 5) is 16.7. The van der Waals surface area contributed by atoms with E-state index in [4.69, 9.17) is 5.10 Å². The summed E-state index contributed by atoms with van der Waals surface area (Å²) in [5.41, 5.74) is 4.71. The van der Waals surface area contributed by atoms with E-state index in [9.17, 15) is 4.79 Å². The standard InChI is InChI=1S/C19H29N5O/c1-12(2)18-14(19(23(3)4)24(5)22-18)11-20-15-7-6-8-16-13(15)9-10-17(25)21-16/h9-10,12,15,20H,6-8,11H2,1-5H3,(H,21,25). The lowest BCUT2D eigenvalue weighted by molar-refractivity contribution is 0.452. The van der Waals surface area contributed by atoms with Crippen molar-refractivity contribution in [3.05, 3.63) is 45.0 Å². The Hall–Kier alpha value is -2.08. The summed E-state index contributed by atoms with van der Waals surface area (Å²) >= 11 is 0. The summed E-state index contributed by atoms with van der Waals surface area (Å²) in [5, 5.41) is 8.45. The molecule has 1 unspecified atom stereocenters. The van der Waals surface area contributed by atoms with Gasteiger partial charge in [-0.25, -0.2) is 0 Å². The van der Waals surface area contributed by atoms with Gasteiger partial charge in [0.2, 0.25) is 5.56 Å². The van der Waals surface area contributed by atoms with E-state index in [2.05, 4.69) is 43.1 Å². The zero-order valence-corrected chi connectivity index (χ0v) is 15.9. The molecule has 6 heteroatoms. The quantitative estimate of drug-likeness (QED) is 0.875. The molecule has 136 valence electrons. The predicted octanol–water partition coefficient (Wildman–Crippen LogP) is 2.47. The van der Waals surface area contributed by atoms with E-state index in [1.54, 1.807) is 6.07 Å². The van der Waals surface area contributed by atoms with Crippen LogP contribution in [0, 0.1) is 0 Å². The van der Waals surface area contributed by atoms with Crippen LogP contribution in [-0.2, 0) is 20.0 Å². The van der Waals surface area contributed by atoms with Crippen LogP contribution in [0.2, 0.25) is 0 Å². The van der Waals surface area contributed by atoms with Gasteiger partial charge in [-0.05, 0) is 30.7 Å². The van der Waals surface area contributed by atoms with Crippen molar-refractivity contribution in [3.8, 4) is 0 Å². The molecule has 2 aromatic heterocycles. The van der Waals surface area contributed by atoms with Crippen molar-refractivity contribution < 1.29 is 0 Å². The van der Waals surface area contributed by atoms with Crippen LogP contribution in [0.25, 0.3) is 0 Å². The Morgan fingerprint density at radius 2 is 2.16 bits per heavy atom. The highest BCUT2D eigenvalue weighted by molar-refractivity contribution is 5.50. The maximum Gasteiger partial charge on any atom is 0.248 e. The van der Waals surface area contributed by atoms with Crippen LogP contribution in [-0.4, -0.2) is 28.9 Å². The second-order valence-electron chi connectivity index (χ2n) is 7.44. The third-order valence-electron chi connectivity index (χ3n) is 4.97. The number of hydrogen-bond acceptors (Lipinski definition) is 4. The highest BCUT2D eigenvalue weighted by Gasteiger charge is 2.24.